The van der Waals surface area contributed by atoms with Crippen LogP contribution < -0.4 is 5.73 Å². The summed E-state index contributed by atoms with van der Waals surface area (Å²) in [6.45, 7) is 0. The molecule has 0 amide bonds. The number of aromatic nitrogens is 1. The van der Waals surface area contributed by atoms with Gasteiger partial charge < -0.3 is 5.73 Å². The molecule has 84 valence electrons. The summed E-state index contributed by atoms with van der Waals surface area (Å²) >= 11 is 0. The topological polar surface area (TPSA) is 56.0 Å². The number of nitrogens with zero attached hydrogens (tertiary/aromatic N) is 1. The molecule has 0 aliphatic carbocycles. The van der Waals surface area contributed by atoms with E-state index in [1.165, 1.54) is 6.08 Å². The Hall–Kier alpha value is -2.42. The minimum Gasteiger partial charge on any atom is -0.398 e. The molecule has 0 atom stereocenters. The van der Waals surface area contributed by atoms with E-state index in [9.17, 15) is 4.79 Å². The molecule has 1 heterocycles. The van der Waals surface area contributed by atoms with Gasteiger partial charge in [-0.25, -0.2) is 0 Å². The van der Waals surface area contributed by atoms with E-state index in [0.29, 0.717) is 11.3 Å². The summed E-state index contributed by atoms with van der Waals surface area (Å²) in [4.78, 5) is 15.8. The number of benzene rings is 1. The first-order valence-corrected chi connectivity index (χ1v) is 5.24. The quantitative estimate of drug-likeness (QED) is 0.495. The van der Waals surface area contributed by atoms with Crippen molar-refractivity contribution in [2.45, 2.75) is 0 Å². The number of allylic oxidation sites excluding steroid dienone is 1. The number of hydrogen-bond acceptors (Lipinski definition) is 3. The third-order valence-electron chi connectivity index (χ3n) is 2.34. The van der Waals surface area contributed by atoms with Crippen molar-refractivity contribution in [3.8, 4) is 0 Å². The monoisotopic (exact) mass is 224 g/mol. The van der Waals surface area contributed by atoms with Gasteiger partial charge in [-0.15, -0.1) is 0 Å². The van der Waals surface area contributed by atoms with E-state index in [1.54, 1.807) is 42.7 Å². The number of para-hydroxylation sites is 1. The zero-order valence-corrected chi connectivity index (χ0v) is 9.21. The number of rotatable bonds is 3. The van der Waals surface area contributed by atoms with Crippen LogP contribution in [0.3, 0.4) is 0 Å². The molecule has 2 N–H and O–H groups in total. The van der Waals surface area contributed by atoms with E-state index < -0.39 is 0 Å². The standard InChI is InChI=1S/C14H12N2O/c15-13-6-2-1-5-12(13)14(17)8-7-11-4-3-9-16-10-11/h1-10H,15H2/b8-7+. The molecule has 0 spiro atoms. The number of anilines is 1. The van der Waals surface area contributed by atoms with Crippen molar-refractivity contribution in [2.75, 3.05) is 5.73 Å². The Morgan fingerprint density at radius 1 is 1.18 bits per heavy atom. The first kappa shape index (κ1) is 11.1. The predicted octanol–water partition coefficient (Wildman–Crippen LogP) is 2.56. The van der Waals surface area contributed by atoms with Crippen LogP contribution in [0.1, 0.15) is 15.9 Å². The van der Waals surface area contributed by atoms with Crippen molar-refractivity contribution in [1.29, 1.82) is 0 Å². The van der Waals surface area contributed by atoms with Crippen LogP contribution in [0.15, 0.2) is 54.9 Å². The van der Waals surface area contributed by atoms with E-state index >= 15 is 0 Å². The van der Waals surface area contributed by atoms with Gasteiger partial charge in [-0.1, -0.05) is 18.2 Å². The molecule has 1 aromatic carbocycles. The maximum Gasteiger partial charge on any atom is 0.187 e. The Morgan fingerprint density at radius 3 is 2.71 bits per heavy atom. The largest absolute Gasteiger partial charge is 0.398 e. The van der Waals surface area contributed by atoms with Gasteiger partial charge in [0.15, 0.2) is 5.78 Å². The summed E-state index contributed by atoms with van der Waals surface area (Å²) in [6, 6.07) is 10.7. The molecular formula is C14H12N2O. The van der Waals surface area contributed by atoms with Crippen molar-refractivity contribution in [3.05, 3.63) is 66.0 Å². The average molecular weight is 224 g/mol. The Kier molecular flexibility index (Phi) is 3.31. The zero-order valence-electron chi connectivity index (χ0n) is 9.21. The molecule has 0 unspecified atom stereocenters. The summed E-state index contributed by atoms with van der Waals surface area (Å²) in [6.07, 6.45) is 6.61. The average Bonchev–Trinajstić information content (AvgIpc) is 2.38. The lowest BCUT2D eigenvalue weighted by atomic mass is 10.1. The zero-order chi connectivity index (χ0) is 12.1. The second-order valence-electron chi connectivity index (χ2n) is 3.57. The van der Waals surface area contributed by atoms with Crippen LogP contribution in [0.5, 0.6) is 0 Å². The summed E-state index contributed by atoms with van der Waals surface area (Å²) in [5.41, 5.74) is 7.62. The van der Waals surface area contributed by atoms with Gasteiger partial charge in [0.05, 0.1) is 0 Å². The summed E-state index contributed by atoms with van der Waals surface area (Å²) in [7, 11) is 0. The molecule has 0 bridgehead atoms. The number of ketones is 1. The summed E-state index contributed by atoms with van der Waals surface area (Å²) in [5, 5.41) is 0. The van der Waals surface area contributed by atoms with Gasteiger partial charge in [0.25, 0.3) is 0 Å². The molecule has 0 aliphatic heterocycles. The molecule has 0 fully saturated rings. The fourth-order valence-corrected chi connectivity index (χ4v) is 1.46. The number of carbonyl (C=O) groups excluding carboxylic acids is 1. The van der Waals surface area contributed by atoms with E-state index in [1.807, 2.05) is 12.1 Å². The van der Waals surface area contributed by atoms with Crippen molar-refractivity contribution in [2.24, 2.45) is 0 Å². The van der Waals surface area contributed by atoms with Gasteiger partial charge >= 0.3 is 0 Å². The number of carbonyl (C=O) groups is 1. The predicted molar refractivity (Wildman–Crippen MR) is 68.5 cm³/mol. The summed E-state index contributed by atoms with van der Waals surface area (Å²) < 4.78 is 0. The molecule has 17 heavy (non-hydrogen) atoms. The minimum atomic E-state index is -0.105. The number of nitrogens with two attached hydrogens (primary N) is 1. The van der Waals surface area contributed by atoms with Crippen LogP contribution in [-0.2, 0) is 0 Å². The highest BCUT2D eigenvalue weighted by Crippen LogP contribution is 2.12. The highest BCUT2D eigenvalue weighted by molar-refractivity contribution is 6.09. The van der Waals surface area contributed by atoms with Crippen LogP contribution in [0.4, 0.5) is 5.69 Å². The smallest absolute Gasteiger partial charge is 0.187 e. The highest BCUT2D eigenvalue weighted by atomic mass is 16.1. The van der Waals surface area contributed by atoms with E-state index in [-0.39, 0.29) is 5.78 Å². The second-order valence-corrected chi connectivity index (χ2v) is 3.57. The van der Waals surface area contributed by atoms with Crippen LogP contribution >= 0.6 is 0 Å². The maximum atomic E-state index is 11.9. The Morgan fingerprint density at radius 2 is 2.00 bits per heavy atom. The molecule has 3 heteroatoms. The van der Waals surface area contributed by atoms with E-state index in [2.05, 4.69) is 4.98 Å². The van der Waals surface area contributed by atoms with E-state index in [4.69, 9.17) is 5.73 Å². The molecule has 3 nitrogen and oxygen atoms in total. The maximum absolute atomic E-state index is 11.9. The number of nitrogen functional groups attached to an aromatic ring is 1. The summed E-state index contributed by atoms with van der Waals surface area (Å²) in [5.74, 6) is -0.105. The molecule has 2 rings (SSSR count). The molecule has 2 aromatic rings. The molecule has 0 saturated heterocycles. The fourth-order valence-electron chi connectivity index (χ4n) is 1.46. The fraction of sp³-hybridized carbons (Fsp3) is 0. The molecule has 0 saturated carbocycles. The molecular weight excluding hydrogens is 212 g/mol. The van der Waals surface area contributed by atoms with Gasteiger partial charge in [-0.05, 0) is 35.9 Å². The lowest BCUT2D eigenvalue weighted by Gasteiger charge is -1.99. The van der Waals surface area contributed by atoms with Crippen molar-refractivity contribution in [3.63, 3.8) is 0 Å². The van der Waals surface area contributed by atoms with E-state index in [0.717, 1.165) is 5.56 Å². The SMILES string of the molecule is Nc1ccccc1C(=O)/C=C/c1cccnc1. The van der Waals surface area contributed by atoms with Gasteiger partial charge in [0.2, 0.25) is 0 Å². The lowest BCUT2D eigenvalue weighted by molar-refractivity contribution is 0.104. The molecule has 1 aromatic heterocycles. The van der Waals surface area contributed by atoms with Gasteiger partial charge in [-0.3, -0.25) is 9.78 Å². The van der Waals surface area contributed by atoms with Crippen LogP contribution in [0, 0.1) is 0 Å². The van der Waals surface area contributed by atoms with Crippen molar-refractivity contribution < 1.29 is 4.79 Å². The van der Waals surface area contributed by atoms with Crippen LogP contribution in [-0.4, -0.2) is 10.8 Å². The Balaban J connectivity index is 2.18. The van der Waals surface area contributed by atoms with Crippen LogP contribution in [0.25, 0.3) is 6.08 Å². The lowest BCUT2D eigenvalue weighted by Crippen LogP contribution is -1.99. The normalized spacial score (nSPS) is 10.6. The van der Waals surface area contributed by atoms with Crippen molar-refractivity contribution in [1.82, 2.24) is 4.98 Å². The second kappa shape index (κ2) is 5.07. The number of pyridine rings is 1. The Bertz CT molecular complexity index is 547. The highest BCUT2D eigenvalue weighted by Gasteiger charge is 2.04. The third-order valence-corrected chi connectivity index (χ3v) is 2.34. The first-order valence-electron chi connectivity index (χ1n) is 5.24. The minimum absolute atomic E-state index is 0.105. The Labute approximate surface area is 99.6 Å². The van der Waals surface area contributed by atoms with Crippen LogP contribution in [0.2, 0.25) is 0 Å². The van der Waals surface area contributed by atoms with Gasteiger partial charge in [-0.2, -0.15) is 0 Å². The molecule has 0 radical (unpaired) electrons. The third kappa shape index (κ3) is 2.78. The number of hydrogen-bond donors (Lipinski definition) is 1. The molecule has 0 aliphatic rings. The van der Waals surface area contributed by atoms with Crippen molar-refractivity contribution >= 4 is 17.5 Å². The first-order chi connectivity index (χ1) is 8.27. The van der Waals surface area contributed by atoms with Gasteiger partial charge in [0, 0.05) is 23.6 Å². The van der Waals surface area contributed by atoms with Gasteiger partial charge in [0.1, 0.15) is 0 Å².